The van der Waals surface area contributed by atoms with Gasteiger partial charge in [-0.3, -0.25) is 9.97 Å². The number of pyridine rings is 2. The molecule has 0 saturated heterocycles. The van der Waals surface area contributed by atoms with Gasteiger partial charge in [0.25, 0.3) is 0 Å². The largest absolute Gasteiger partial charge is 0.491 e. The van der Waals surface area contributed by atoms with Crippen molar-refractivity contribution in [1.29, 1.82) is 0 Å². The summed E-state index contributed by atoms with van der Waals surface area (Å²) in [5, 5.41) is 4.69. The van der Waals surface area contributed by atoms with Crippen molar-refractivity contribution in [2.45, 2.75) is 13.8 Å². The predicted molar refractivity (Wildman–Crippen MR) is 149 cm³/mol. The highest BCUT2D eigenvalue weighted by Crippen LogP contribution is 2.30. The van der Waals surface area contributed by atoms with Crippen molar-refractivity contribution >= 4 is 43.6 Å². The van der Waals surface area contributed by atoms with Gasteiger partial charge in [-0.15, -0.1) is 0 Å². The van der Waals surface area contributed by atoms with Gasteiger partial charge < -0.3 is 28.9 Å². The Labute approximate surface area is 219 Å². The lowest BCUT2D eigenvalue weighted by Crippen LogP contribution is -2.13. The fourth-order valence-electron chi connectivity index (χ4n) is 4.83. The van der Waals surface area contributed by atoms with Crippen LogP contribution < -0.4 is 9.47 Å². The van der Waals surface area contributed by atoms with Gasteiger partial charge >= 0.3 is 0 Å². The summed E-state index contributed by atoms with van der Waals surface area (Å²) in [6, 6.07) is 16.2. The zero-order chi connectivity index (χ0) is 25.9. The predicted octanol–water partition coefficient (Wildman–Crippen LogP) is 5.85. The average Bonchev–Trinajstić information content (AvgIpc) is 3.49. The van der Waals surface area contributed by atoms with Crippen LogP contribution in [0.4, 0.5) is 0 Å². The zero-order valence-electron chi connectivity index (χ0n) is 21.5. The number of aromatic amines is 2. The Morgan fingerprint density at radius 1 is 0.553 bits per heavy atom. The molecule has 0 bridgehead atoms. The second kappa shape index (κ2) is 10.7. The molecule has 0 radical (unpaired) electrons. The lowest BCUT2D eigenvalue weighted by molar-refractivity contribution is 0.0274. The van der Waals surface area contributed by atoms with Crippen molar-refractivity contribution in [3.63, 3.8) is 0 Å². The topological polar surface area (TPSA) is 94.3 Å². The van der Waals surface area contributed by atoms with Crippen molar-refractivity contribution in [2.75, 3.05) is 39.6 Å². The minimum Gasteiger partial charge on any atom is -0.491 e. The first-order chi connectivity index (χ1) is 18.7. The number of nitrogens with zero attached hydrogens (tertiary/aromatic N) is 2. The van der Waals surface area contributed by atoms with E-state index in [-0.39, 0.29) is 0 Å². The summed E-state index contributed by atoms with van der Waals surface area (Å²) in [6.07, 6.45) is 3.68. The lowest BCUT2D eigenvalue weighted by Gasteiger charge is -2.09. The van der Waals surface area contributed by atoms with Gasteiger partial charge in [-0.1, -0.05) is 0 Å². The number of H-pyrrole nitrogens is 2. The number of hydrogen-bond acceptors (Lipinski definition) is 6. The molecular formula is C30H30N4O4. The van der Waals surface area contributed by atoms with E-state index in [0.29, 0.717) is 39.6 Å². The van der Waals surface area contributed by atoms with Gasteiger partial charge in [0.2, 0.25) is 0 Å². The maximum absolute atomic E-state index is 5.86. The summed E-state index contributed by atoms with van der Waals surface area (Å²) in [6.45, 7) is 6.96. The normalized spacial score (nSPS) is 11.7. The van der Waals surface area contributed by atoms with Gasteiger partial charge in [0.1, 0.15) is 24.7 Å². The highest BCUT2D eigenvalue weighted by molar-refractivity contribution is 6.08. The molecule has 8 heteroatoms. The third-order valence-corrected chi connectivity index (χ3v) is 6.73. The van der Waals surface area contributed by atoms with Gasteiger partial charge in [-0.2, -0.15) is 0 Å². The molecule has 6 aromatic rings. The van der Waals surface area contributed by atoms with Crippen LogP contribution in [0.3, 0.4) is 0 Å². The summed E-state index contributed by atoms with van der Waals surface area (Å²) >= 11 is 0. The monoisotopic (exact) mass is 510 g/mol. The SMILES string of the molecule is Cc1nccc2c1[nH]c1cc(OCCOCCOCCOc3ccc4c(c3)[nH]c3c(C)nccc34)ccc12. The molecule has 0 fully saturated rings. The van der Waals surface area contributed by atoms with Crippen LogP contribution in [0, 0.1) is 13.8 Å². The highest BCUT2D eigenvalue weighted by Gasteiger charge is 2.09. The van der Waals surface area contributed by atoms with Crippen molar-refractivity contribution < 1.29 is 18.9 Å². The molecule has 0 aliphatic heterocycles. The third kappa shape index (κ3) is 4.88. The number of nitrogens with one attached hydrogen (secondary N) is 2. The molecular weight excluding hydrogens is 480 g/mol. The maximum Gasteiger partial charge on any atom is 0.121 e. The molecule has 0 spiro atoms. The van der Waals surface area contributed by atoms with E-state index >= 15 is 0 Å². The van der Waals surface area contributed by atoms with Crippen LogP contribution in [0.2, 0.25) is 0 Å². The molecule has 0 unspecified atom stereocenters. The first-order valence-electron chi connectivity index (χ1n) is 12.8. The van der Waals surface area contributed by atoms with Crippen LogP contribution >= 0.6 is 0 Å². The summed E-state index contributed by atoms with van der Waals surface area (Å²) < 4.78 is 23.0. The Bertz CT molecular complexity index is 1590. The summed E-state index contributed by atoms with van der Waals surface area (Å²) in [5.41, 5.74) is 6.19. The Balaban J connectivity index is 0.885. The number of rotatable bonds is 11. The molecule has 4 heterocycles. The van der Waals surface area contributed by atoms with Crippen LogP contribution in [-0.2, 0) is 9.47 Å². The number of benzene rings is 2. The number of hydrogen-bond donors (Lipinski definition) is 2. The van der Waals surface area contributed by atoms with E-state index in [1.807, 2.05) is 62.6 Å². The van der Waals surface area contributed by atoms with E-state index in [1.54, 1.807) is 0 Å². The first kappa shape index (κ1) is 24.2. The van der Waals surface area contributed by atoms with Crippen molar-refractivity contribution in [1.82, 2.24) is 19.9 Å². The highest BCUT2D eigenvalue weighted by atomic mass is 16.6. The van der Waals surface area contributed by atoms with Gasteiger partial charge in [-0.05, 0) is 50.2 Å². The molecule has 8 nitrogen and oxygen atoms in total. The summed E-state index contributed by atoms with van der Waals surface area (Å²) in [7, 11) is 0. The second-order valence-electron chi connectivity index (χ2n) is 9.22. The van der Waals surface area contributed by atoms with E-state index < -0.39 is 0 Å². The molecule has 0 amide bonds. The molecule has 2 N–H and O–H groups in total. The fourth-order valence-corrected chi connectivity index (χ4v) is 4.83. The van der Waals surface area contributed by atoms with E-state index in [0.717, 1.165) is 45.0 Å². The minimum absolute atomic E-state index is 0.473. The van der Waals surface area contributed by atoms with Gasteiger partial charge in [0, 0.05) is 46.1 Å². The van der Waals surface area contributed by atoms with Crippen LogP contribution in [0.25, 0.3) is 43.6 Å². The van der Waals surface area contributed by atoms with E-state index in [2.05, 4.69) is 32.1 Å². The maximum atomic E-state index is 5.86. The fraction of sp³-hybridized carbons (Fsp3) is 0.267. The molecule has 0 saturated carbocycles. The number of fused-ring (bicyclic) bond motifs is 6. The number of aromatic nitrogens is 4. The molecule has 2 aromatic carbocycles. The van der Waals surface area contributed by atoms with Crippen LogP contribution in [0.15, 0.2) is 60.9 Å². The number of aryl methyl sites for hydroxylation is 2. The third-order valence-electron chi connectivity index (χ3n) is 6.73. The van der Waals surface area contributed by atoms with Crippen molar-refractivity contribution in [3.8, 4) is 11.5 Å². The van der Waals surface area contributed by atoms with Gasteiger partial charge in [0.15, 0.2) is 0 Å². The minimum atomic E-state index is 0.473. The molecule has 0 atom stereocenters. The van der Waals surface area contributed by atoms with Crippen molar-refractivity contribution in [3.05, 3.63) is 72.3 Å². The summed E-state index contributed by atoms with van der Waals surface area (Å²) in [4.78, 5) is 15.6. The molecule has 4 aromatic heterocycles. The molecule has 0 aliphatic rings. The molecule has 194 valence electrons. The first-order valence-corrected chi connectivity index (χ1v) is 12.8. The Kier molecular flexibility index (Phi) is 6.81. The van der Waals surface area contributed by atoms with Crippen LogP contribution in [0.1, 0.15) is 11.4 Å². The van der Waals surface area contributed by atoms with Gasteiger partial charge in [-0.25, -0.2) is 0 Å². The average molecular weight is 511 g/mol. The molecule has 38 heavy (non-hydrogen) atoms. The lowest BCUT2D eigenvalue weighted by atomic mass is 10.1. The van der Waals surface area contributed by atoms with Crippen LogP contribution in [-0.4, -0.2) is 59.6 Å². The molecule has 0 aliphatic carbocycles. The Morgan fingerprint density at radius 3 is 1.47 bits per heavy atom. The standard InChI is InChI=1S/C30H30N4O4/c1-19-29-25(7-9-31-19)23-5-3-21(17-27(23)33-29)37-15-13-35-11-12-36-14-16-38-22-4-6-24-26-8-10-32-20(2)30(26)34-28(24)18-22/h3-10,17-18,33-34H,11-16H2,1-2H3. The quantitative estimate of drug-likeness (QED) is 0.212. The second-order valence-corrected chi connectivity index (χ2v) is 9.22. The van der Waals surface area contributed by atoms with Crippen molar-refractivity contribution in [2.24, 2.45) is 0 Å². The van der Waals surface area contributed by atoms with E-state index in [1.165, 1.54) is 21.5 Å². The van der Waals surface area contributed by atoms with Crippen LogP contribution in [0.5, 0.6) is 11.5 Å². The summed E-state index contributed by atoms with van der Waals surface area (Å²) in [5.74, 6) is 1.62. The van der Waals surface area contributed by atoms with Gasteiger partial charge in [0.05, 0.1) is 59.9 Å². The van der Waals surface area contributed by atoms with E-state index in [4.69, 9.17) is 18.9 Å². The van der Waals surface area contributed by atoms with E-state index in [9.17, 15) is 0 Å². The smallest absolute Gasteiger partial charge is 0.121 e. The number of ether oxygens (including phenoxy) is 4. The Morgan fingerprint density at radius 2 is 1.00 bits per heavy atom. The molecule has 6 rings (SSSR count). The zero-order valence-corrected chi connectivity index (χ0v) is 21.5. The Hall–Kier alpha value is -4.14.